The van der Waals surface area contributed by atoms with E-state index in [2.05, 4.69) is 16.0 Å². The summed E-state index contributed by atoms with van der Waals surface area (Å²) in [5, 5.41) is 3.20. The quantitative estimate of drug-likeness (QED) is 0.466. The van der Waals surface area contributed by atoms with Gasteiger partial charge in [0.05, 0.1) is 12.7 Å². The van der Waals surface area contributed by atoms with Gasteiger partial charge in [-0.15, -0.1) is 12.3 Å². The third-order valence-electron chi connectivity index (χ3n) is 2.69. The molecular formula is C15H18FNO2. The van der Waals surface area contributed by atoms with E-state index >= 15 is 0 Å². The summed E-state index contributed by atoms with van der Waals surface area (Å²) in [6.45, 7) is 1.40. The number of ether oxygens (including phenoxy) is 1. The Balaban J connectivity index is 2.42. The Hall–Kier alpha value is -1.86. The molecule has 0 atom stereocenters. The van der Waals surface area contributed by atoms with Crippen molar-refractivity contribution in [1.82, 2.24) is 5.32 Å². The summed E-state index contributed by atoms with van der Waals surface area (Å²) in [4.78, 5) is 11.2. The van der Waals surface area contributed by atoms with E-state index in [0.29, 0.717) is 6.54 Å². The van der Waals surface area contributed by atoms with Gasteiger partial charge in [0.2, 0.25) is 0 Å². The highest BCUT2D eigenvalue weighted by atomic mass is 19.1. The maximum absolute atomic E-state index is 13.6. The summed E-state index contributed by atoms with van der Waals surface area (Å²) in [7, 11) is 1.23. The molecule has 0 heterocycles. The Morgan fingerprint density at radius 2 is 2.26 bits per heavy atom. The monoisotopic (exact) mass is 263 g/mol. The molecule has 0 aromatic heterocycles. The predicted octanol–water partition coefficient (Wildman–Crippen LogP) is 2.51. The summed E-state index contributed by atoms with van der Waals surface area (Å²) in [6, 6.07) is 4.50. The number of unbranched alkanes of at least 4 members (excludes halogenated alkanes) is 2. The highest BCUT2D eigenvalue weighted by Gasteiger charge is 2.11. The minimum absolute atomic E-state index is 0.0414. The van der Waals surface area contributed by atoms with Crippen LogP contribution in [0, 0.1) is 18.2 Å². The standard InChI is InChI=1S/C15H18FNO2/c1-3-4-5-6-9-17-11-12-7-8-13(14(16)10-12)15(18)19-2/h1,7-8,10,17H,4-6,9,11H2,2H3. The van der Waals surface area contributed by atoms with Crippen molar-refractivity contribution in [2.75, 3.05) is 13.7 Å². The van der Waals surface area contributed by atoms with E-state index in [0.717, 1.165) is 31.4 Å². The van der Waals surface area contributed by atoms with Crippen molar-refractivity contribution in [2.24, 2.45) is 0 Å². The summed E-state index contributed by atoms with van der Waals surface area (Å²) < 4.78 is 18.1. The number of carbonyl (C=O) groups excluding carboxylic acids is 1. The van der Waals surface area contributed by atoms with Crippen LogP contribution in [0.3, 0.4) is 0 Å². The lowest BCUT2D eigenvalue weighted by atomic mass is 10.1. The predicted molar refractivity (Wildman–Crippen MR) is 72.1 cm³/mol. The van der Waals surface area contributed by atoms with Crippen LogP contribution in [-0.4, -0.2) is 19.6 Å². The maximum Gasteiger partial charge on any atom is 0.340 e. The molecule has 0 spiro atoms. The van der Waals surface area contributed by atoms with Gasteiger partial charge in [0.25, 0.3) is 0 Å². The van der Waals surface area contributed by atoms with Crippen LogP contribution >= 0.6 is 0 Å². The molecule has 0 bridgehead atoms. The van der Waals surface area contributed by atoms with Crippen LogP contribution in [0.15, 0.2) is 18.2 Å². The third kappa shape index (κ3) is 5.11. The number of rotatable bonds is 7. The maximum atomic E-state index is 13.6. The van der Waals surface area contributed by atoms with E-state index in [-0.39, 0.29) is 5.56 Å². The van der Waals surface area contributed by atoms with E-state index < -0.39 is 11.8 Å². The molecule has 3 nitrogen and oxygen atoms in total. The fraction of sp³-hybridized carbons (Fsp3) is 0.400. The first-order chi connectivity index (χ1) is 9.19. The molecule has 19 heavy (non-hydrogen) atoms. The number of benzene rings is 1. The fourth-order valence-corrected chi connectivity index (χ4v) is 1.65. The number of hydrogen-bond acceptors (Lipinski definition) is 3. The first-order valence-electron chi connectivity index (χ1n) is 6.20. The molecule has 1 rings (SSSR count). The van der Waals surface area contributed by atoms with Gasteiger partial charge < -0.3 is 10.1 Å². The number of terminal acetylenes is 1. The lowest BCUT2D eigenvalue weighted by molar-refractivity contribution is 0.0595. The second-order valence-corrected chi connectivity index (χ2v) is 4.14. The molecule has 0 aliphatic heterocycles. The normalized spacial score (nSPS) is 9.95. The smallest absolute Gasteiger partial charge is 0.340 e. The number of nitrogens with one attached hydrogen (secondary N) is 1. The Morgan fingerprint density at radius 1 is 1.47 bits per heavy atom. The summed E-state index contributed by atoms with van der Waals surface area (Å²) >= 11 is 0. The molecule has 0 saturated heterocycles. The summed E-state index contributed by atoms with van der Waals surface area (Å²) in [5.74, 6) is 1.37. The Labute approximate surface area is 113 Å². The van der Waals surface area contributed by atoms with Crippen LogP contribution in [0.1, 0.15) is 35.2 Å². The average Bonchev–Trinajstić information content (AvgIpc) is 2.42. The molecule has 0 radical (unpaired) electrons. The zero-order chi connectivity index (χ0) is 14.1. The molecule has 0 aliphatic rings. The van der Waals surface area contributed by atoms with Crippen molar-refractivity contribution in [3.05, 3.63) is 35.1 Å². The molecule has 0 saturated carbocycles. The van der Waals surface area contributed by atoms with Crippen molar-refractivity contribution in [3.8, 4) is 12.3 Å². The van der Waals surface area contributed by atoms with Crippen molar-refractivity contribution >= 4 is 5.97 Å². The highest BCUT2D eigenvalue weighted by Crippen LogP contribution is 2.11. The van der Waals surface area contributed by atoms with Gasteiger partial charge in [0.1, 0.15) is 5.82 Å². The molecule has 102 valence electrons. The molecule has 1 aromatic rings. The van der Waals surface area contributed by atoms with Gasteiger partial charge in [-0.3, -0.25) is 0 Å². The van der Waals surface area contributed by atoms with Crippen LogP contribution in [0.5, 0.6) is 0 Å². The number of carbonyl (C=O) groups is 1. The van der Waals surface area contributed by atoms with E-state index in [1.807, 2.05) is 0 Å². The van der Waals surface area contributed by atoms with E-state index in [9.17, 15) is 9.18 Å². The molecule has 1 N–H and O–H groups in total. The van der Waals surface area contributed by atoms with Crippen LogP contribution in [-0.2, 0) is 11.3 Å². The van der Waals surface area contributed by atoms with Gasteiger partial charge in [-0.25, -0.2) is 9.18 Å². The Kier molecular flexibility index (Phi) is 6.62. The SMILES string of the molecule is C#CCCCCNCc1ccc(C(=O)OC)c(F)c1. The van der Waals surface area contributed by atoms with Crippen molar-refractivity contribution in [1.29, 1.82) is 0 Å². The lowest BCUT2D eigenvalue weighted by Gasteiger charge is -2.06. The van der Waals surface area contributed by atoms with Crippen LogP contribution in [0.2, 0.25) is 0 Å². The molecular weight excluding hydrogens is 245 g/mol. The highest BCUT2D eigenvalue weighted by molar-refractivity contribution is 5.89. The molecule has 0 fully saturated rings. The van der Waals surface area contributed by atoms with Crippen molar-refractivity contribution < 1.29 is 13.9 Å². The van der Waals surface area contributed by atoms with Crippen LogP contribution < -0.4 is 5.32 Å². The summed E-state index contributed by atoms with van der Waals surface area (Å²) in [5.41, 5.74) is 0.752. The van der Waals surface area contributed by atoms with Crippen LogP contribution in [0.4, 0.5) is 4.39 Å². The minimum atomic E-state index is -0.661. The lowest BCUT2D eigenvalue weighted by Crippen LogP contribution is -2.15. The number of esters is 1. The molecule has 1 aromatic carbocycles. The van der Waals surface area contributed by atoms with Gasteiger partial charge in [0, 0.05) is 13.0 Å². The third-order valence-corrected chi connectivity index (χ3v) is 2.69. The molecule has 0 amide bonds. The number of hydrogen-bond donors (Lipinski definition) is 1. The van der Waals surface area contributed by atoms with Gasteiger partial charge in [0.15, 0.2) is 0 Å². The topological polar surface area (TPSA) is 38.3 Å². The Bertz CT molecular complexity index is 466. The second-order valence-electron chi connectivity index (χ2n) is 4.14. The van der Waals surface area contributed by atoms with E-state index in [1.165, 1.54) is 19.2 Å². The van der Waals surface area contributed by atoms with Gasteiger partial charge in [-0.1, -0.05) is 6.07 Å². The first kappa shape index (κ1) is 15.2. The average molecular weight is 263 g/mol. The zero-order valence-electron chi connectivity index (χ0n) is 11.0. The Morgan fingerprint density at radius 3 is 2.89 bits per heavy atom. The zero-order valence-corrected chi connectivity index (χ0v) is 11.0. The number of methoxy groups -OCH3 is 1. The van der Waals surface area contributed by atoms with Crippen LogP contribution in [0.25, 0.3) is 0 Å². The second kappa shape index (κ2) is 8.28. The van der Waals surface area contributed by atoms with Gasteiger partial charge >= 0.3 is 5.97 Å². The molecule has 0 aliphatic carbocycles. The molecule has 0 unspecified atom stereocenters. The van der Waals surface area contributed by atoms with Gasteiger partial charge in [-0.2, -0.15) is 0 Å². The van der Waals surface area contributed by atoms with E-state index in [1.54, 1.807) is 6.07 Å². The fourth-order valence-electron chi connectivity index (χ4n) is 1.65. The minimum Gasteiger partial charge on any atom is -0.465 e. The van der Waals surface area contributed by atoms with Crippen molar-refractivity contribution in [3.63, 3.8) is 0 Å². The largest absolute Gasteiger partial charge is 0.465 e. The first-order valence-corrected chi connectivity index (χ1v) is 6.20. The molecule has 4 heteroatoms. The number of halogens is 1. The van der Waals surface area contributed by atoms with Gasteiger partial charge in [-0.05, 0) is 37.1 Å². The van der Waals surface area contributed by atoms with E-state index in [4.69, 9.17) is 6.42 Å². The van der Waals surface area contributed by atoms with Crippen molar-refractivity contribution in [2.45, 2.75) is 25.8 Å². The summed E-state index contributed by atoms with van der Waals surface area (Å²) in [6.07, 6.45) is 7.91.